The van der Waals surface area contributed by atoms with Gasteiger partial charge >= 0.3 is 5.97 Å². The second-order valence-electron chi connectivity index (χ2n) is 4.68. The van der Waals surface area contributed by atoms with Crippen LogP contribution in [-0.4, -0.2) is 40.8 Å². The number of thioether (sulfide) groups is 1. The predicted octanol–water partition coefficient (Wildman–Crippen LogP) is 1.55. The molecule has 0 amide bonds. The summed E-state index contributed by atoms with van der Waals surface area (Å²) in [6, 6.07) is 0. The third-order valence-corrected chi connectivity index (χ3v) is 4.25. The second kappa shape index (κ2) is 7.95. The number of hydrogen-bond donors (Lipinski definition) is 2. The van der Waals surface area contributed by atoms with E-state index in [1.165, 1.54) is 7.11 Å². The Bertz CT molecular complexity index is 232. The maximum Gasteiger partial charge on any atom is 0.325 e. The Hall–Kier alpha value is -0.260. The molecule has 0 saturated heterocycles. The van der Waals surface area contributed by atoms with E-state index in [0.717, 1.165) is 18.6 Å². The third-order valence-electron chi connectivity index (χ3n) is 2.80. The van der Waals surface area contributed by atoms with E-state index in [2.05, 4.69) is 4.74 Å². The molecule has 0 spiro atoms. The Morgan fingerprint density at radius 3 is 2.53 bits per heavy atom. The molecule has 0 saturated carbocycles. The average molecular weight is 263 g/mol. The molecule has 102 valence electrons. The summed E-state index contributed by atoms with van der Waals surface area (Å²) in [4.78, 5) is 11.3. The summed E-state index contributed by atoms with van der Waals surface area (Å²) >= 11 is 1.74. The predicted molar refractivity (Wildman–Crippen MR) is 72.1 cm³/mol. The van der Waals surface area contributed by atoms with E-state index in [0.29, 0.717) is 6.42 Å². The normalized spacial score (nSPS) is 18.2. The average Bonchev–Trinajstić information content (AvgIpc) is 2.26. The number of hydrogen-bond acceptors (Lipinski definition) is 5. The van der Waals surface area contributed by atoms with Gasteiger partial charge in [0.2, 0.25) is 0 Å². The maximum absolute atomic E-state index is 11.3. The Labute approximate surface area is 108 Å². The van der Waals surface area contributed by atoms with Gasteiger partial charge < -0.3 is 15.6 Å². The first-order chi connectivity index (χ1) is 7.81. The number of unbranched alkanes of at least 4 members (excludes halogenated alkanes) is 1. The minimum absolute atomic E-state index is 0.250. The van der Waals surface area contributed by atoms with E-state index in [4.69, 9.17) is 5.73 Å². The fourth-order valence-corrected chi connectivity index (χ4v) is 2.36. The van der Waals surface area contributed by atoms with Crippen molar-refractivity contribution in [3.05, 3.63) is 0 Å². The molecule has 17 heavy (non-hydrogen) atoms. The zero-order valence-corrected chi connectivity index (χ0v) is 12.0. The summed E-state index contributed by atoms with van der Waals surface area (Å²) in [7, 11) is 1.35. The fraction of sp³-hybridized carbons (Fsp3) is 0.917. The Balaban J connectivity index is 3.68. The van der Waals surface area contributed by atoms with Crippen molar-refractivity contribution >= 4 is 17.7 Å². The molecular formula is C12H25NO3S. The van der Waals surface area contributed by atoms with Gasteiger partial charge in [0.25, 0.3) is 0 Å². The highest BCUT2D eigenvalue weighted by Gasteiger charge is 2.28. The summed E-state index contributed by atoms with van der Waals surface area (Å²) in [5.74, 6) is 0.617. The van der Waals surface area contributed by atoms with E-state index in [9.17, 15) is 9.90 Å². The number of methoxy groups -OCH3 is 1. The van der Waals surface area contributed by atoms with Crippen LogP contribution in [0.1, 0.15) is 40.0 Å². The van der Waals surface area contributed by atoms with Crippen LogP contribution >= 0.6 is 11.8 Å². The summed E-state index contributed by atoms with van der Waals surface area (Å²) in [5.41, 5.74) is 4.96. The van der Waals surface area contributed by atoms with Crippen LogP contribution in [0.2, 0.25) is 0 Å². The van der Waals surface area contributed by atoms with Gasteiger partial charge in [-0.3, -0.25) is 4.79 Å². The van der Waals surface area contributed by atoms with E-state index < -0.39 is 5.54 Å². The van der Waals surface area contributed by atoms with Gasteiger partial charge in [0.1, 0.15) is 5.54 Å². The van der Waals surface area contributed by atoms with Crippen molar-refractivity contribution in [2.24, 2.45) is 5.73 Å². The first kappa shape index (κ1) is 16.7. The van der Waals surface area contributed by atoms with Crippen LogP contribution in [-0.2, 0) is 9.53 Å². The highest BCUT2D eigenvalue weighted by Crippen LogP contribution is 2.18. The lowest BCUT2D eigenvalue weighted by Gasteiger charge is -2.21. The van der Waals surface area contributed by atoms with Crippen molar-refractivity contribution in [1.82, 2.24) is 0 Å². The largest absolute Gasteiger partial charge is 0.468 e. The van der Waals surface area contributed by atoms with Crippen LogP contribution in [0.4, 0.5) is 0 Å². The number of ether oxygens (including phenoxy) is 1. The van der Waals surface area contributed by atoms with Gasteiger partial charge in [-0.1, -0.05) is 13.3 Å². The fourth-order valence-electron chi connectivity index (χ4n) is 1.34. The molecule has 0 fully saturated rings. The van der Waals surface area contributed by atoms with E-state index in [1.807, 2.05) is 6.92 Å². The molecule has 0 aromatic rings. The van der Waals surface area contributed by atoms with E-state index in [-0.39, 0.29) is 17.3 Å². The van der Waals surface area contributed by atoms with Crippen molar-refractivity contribution in [2.45, 2.75) is 56.9 Å². The van der Waals surface area contributed by atoms with Gasteiger partial charge in [-0.05, 0) is 32.4 Å². The molecule has 3 unspecified atom stereocenters. The quantitative estimate of drug-likeness (QED) is 0.513. The Morgan fingerprint density at radius 2 is 2.06 bits per heavy atom. The molecule has 0 heterocycles. The molecule has 0 aromatic carbocycles. The van der Waals surface area contributed by atoms with Gasteiger partial charge in [-0.2, -0.15) is 11.8 Å². The van der Waals surface area contributed by atoms with Crippen LogP contribution < -0.4 is 5.73 Å². The van der Waals surface area contributed by atoms with Crippen LogP contribution in [0.15, 0.2) is 0 Å². The number of carbonyl (C=O) groups excluding carboxylic acids is 1. The van der Waals surface area contributed by atoms with Gasteiger partial charge in [-0.15, -0.1) is 0 Å². The van der Waals surface area contributed by atoms with Crippen LogP contribution in [0.25, 0.3) is 0 Å². The summed E-state index contributed by atoms with van der Waals surface area (Å²) in [5, 5.41) is 9.56. The minimum atomic E-state index is -0.880. The monoisotopic (exact) mass is 263 g/mol. The molecule has 0 aliphatic heterocycles. The lowest BCUT2D eigenvalue weighted by atomic mass is 9.97. The first-order valence-corrected chi connectivity index (χ1v) is 7.03. The van der Waals surface area contributed by atoms with Gasteiger partial charge in [0.05, 0.1) is 13.2 Å². The Morgan fingerprint density at radius 1 is 1.47 bits per heavy atom. The van der Waals surface area contributed by atoms with Crippen molar-refractivity contribution in [3.63, 3.8) is 0 Å². The topological polar surface area (TPSA) is 72.5 Å². The highest BCUT2D eigenvalue weighted by atomic mass is 32.2. The zero-order valence-electron chi connectivity index (χ0n) is 11.2. The number of esters is 1. The number of nitrogens with two attached hydrogens (primary N) is 1. The third kappa shape index (κ3) is 6.91. The molecular weight excluding hydrogens is 238 g/mol. The smallest absolute Gasteiger partial charge is 0.325 e. The molecule has 4 nitrogen and oxygen atoms in total. The molecule has 0 aliphatic carbocycles. The summed E-state index contributed by atoms with van der Waals surface area (Å²) in [6.07, 6.45) is 2.23. The number of carbonyl (C=O) groups is 1. The lowest BCUT2D eigenvalue weighted by Crippen LogP contribution is -2.45. The molecule has 0 rings (SSSR count). The SMILES string of the molecule is COC(=O)C(C)(N)CCCCSC(C)C(C)O. The highest BCUT2D eigenvalue weighted by molar-refractivity contribution is 7.99. The molecule has 3 N–H and O–H groups in total. The van der Waals surface area contributed by atoms with Crippen molar-refractivity contribution in [2.75, 3.05) is 12.9 Å². The number of aliphatic hydroxyl groups is 1. The number of rotatable bonds is 8. The van der Waals surface area contributed by atoms with Gasteiger partial charge in [-0.25, -0.2) is 0 Å². The standard InChI is InChI=1S/C12H25NO3S/c1-9(14)10(2)17-8-6-5-7-12(3,13)11(15)16-4/h9-10,14H,5-8,13H2,1-4H3. The van der Waals surface area contributed by atoms with Crippen LogP contribution in [0, 0.1) is 0 Å². The van der Waals surface area contributed by atoms with E-state index in [1.54, 1.807) is 25.6 Å². The first-order valence-electron chi connectivity index (χ1n) is 5.98. The second-order valence-corrected chi connectivity index (χ2v) is 6.17. The van der Waals surface area contributed by atoms with Crippen molar-refractivity contribution < 1.29 is 14.6 Å². The van der Waals surface area contributed by atoms with Gasteiger partial charge in [0, 0.05) is 5.25 Å². The molecule has 3 atom stereocenters. The van der Waals surface area contributed by atoms with Gasteiger partial charge in [0.15, 0.2) is 0 Å². The minimum Gasteiger partial charge on any atom is -0.468 e. The van der Waals surface area contributed by atoms with Crippen LogP contribution in [0.5, 0.6) is 0 Å². The molecule has 0 radical (unpaired) electrons. The lowest BCUT2D eigenvalue weighted by molar-refractivity contribution is -0.146. The summed E-state index contributed by atoms with van der Waals surface area (Å²) < 4.78 is 4.64. The van der Waals surface area contributed by atoms with Crippen LogP contribution in [0.3, 0.4) is 0 Å². The summed E-state index contributed by atoms with van der Waals surface area (Å²) in [6.45, 7) is 5.51. The van der Waals surface area contributed by atoms with Crippen molar-refractivity contribution in [3.8, 4) is 0 Å². The van der Waals surface area contributed by atoms with Crippen molar-refractivity contribution in [1.29, 1.82) is 0 Å². The zero-order chi connectivity index (χ0) is 13.5. The Kier molecular flexibility index (Phi) is 7.83. The maximum atomic E-state index is 11.3. The molecule has 0 aromatic heterocycles. The number of aliphatic hydroxyl groups excluding tert-OH is 1. The molecule has 0 bridgehead atoms. The molecule has 0 aliphatic rings. The molecule has 5 heteroatoms. The van der Waals surface area contributed by atoms with E-state index >= 15 is 0 Å².